The van der Waals surface area contributed by atoms with Crippen molar-refractivity contribution in [1.82, 2.24) is 10.2 Å². The van der Waals surface area contributed by atoms with Crippen LogP contribution >= 0.6 is 0 Å². The van der Waals surface area contributed by atoms with Gasteiger partial charge in [0.25, 0.3) is 0 Å². The Morgan fingerprint density at radius 2 is 2.00 bits per heavy atom. The van der Waals surface area contributed by atoms with Crippen LogP contribution in [0, 0.1) is 0 Å². The summed E-state index contributed by atoms with van der Waals surface area (Å²) in [5.41, 5.74) is 0.470. The summed E-state index contributed by atoms with van der Waals surface area (Å²) in [5, 5.41) is 3.59. The number of nitrogens with one attached hydrogen (secondary N) is 1. The Hall–Kier alpha value is -0.0800. The maximum Gasteiger partial charge on any atom is 0.0308 e. The second kappa shape index (κ2) is 3.55. The summed E-state index contributed by atoms with van der Waals surface area (Å²) >= 11 is 0. The second-order valence-corrected chi connectivity index (χ2v) is 3.90. The quantitative estimate of drug-likeness (QED) is 0.655. The summed E-state index contributed by atoms with van der Waals surface area (Å²) in [5.74, 6) is 0. The molecule has 1 aliphatic rings. The van der Waals surface area contributed by atoms with Crippen LogP contribution in [0.4, 0.5) is 0 Å². The highest BCUT2D eigenvalue weighted by Gasteiger charge is 2.35. The van der Waals surface area contributed by atoms with Crippen molar-refractivity contribution >= 4 is 0 Å². The average molecular weight is 156 g/mol. The minimum atomic E-state index is 0.470. The van der Waals surface area contributed by atoms with E-state index in [0.29, 0.717) is 5.54 Å². The van der Waals surface area contributed by atoms with Gasteiger partial charge in [-0.15, -0.1) is 0 Å². The molecule has 1 fully saturated rings. The van der Waals surface area contributed by atoms with Gasteiger partial charge >= 0.3 is 0 Å². The average Bonchev–Trinajstić information content (AvgIpc) is 1.82. The fourth-order valence-electron chi connectivity index (χ4n) is 1.97. The van der Waals surface area contributed by atoms with E-state index < -0.39 is 0 Å². The van der Waals surface area contributed by atoms with E-state index in [9.17, 15) is 0 Å². The lowest BCUT2D eigenvalue weighted by atomic mass is 9.76. The van der Waals surface area contributed by atoms with Crippen molar-refractivity contribution in [3.8, 4) is 0 Å². The molecule has 1 N–H and O–H groups in total. The summed E-state index contributed by atoms with van der Waals surface area (Å²) in [7, 11) is 4.30. The highest BCUT2D eigenvalue weighted by Crippen LogP contribution is 2.31. The molecule has 66 valence electrons. The van der Waals surface area contributed by atoms with Gasteiger partial charge in [-0.1, -0.05) is 6.92 Å². The van der Waals surface area contributed by atoms with Gasteiger partial charge in [0.2, 0.25) is 0 Å². The van der Waals surface area contributed by atoms with E-state index >= 15 is 0 Å². The molecule has 0 aromatic rings. The van der Waals surface area contributed by atoms with E-state index in [-0.39, 0.29) is 0 Å². The van der Waals surface area contributed by atoms with E-state index in [4.69, 9.17) is 0 Å². The third-order valence-corrected chi connectivity index (χ3v) is 2.48. The van der Waals surface area contributed by atoms with Crippen LogP contribution < -0.4 is 5.32 Å². The Morgan fingerprint density at radius 3 is 2.27 bits per heavy atom. The van der Waals surface area contributed by atoms with Crippen LogP contribution in [0.15, 0.2) is 0 Å². The zero-order chi connectivity index (χ0) is 8.32. The molecule has 1 rings (SSSR count). The zero-order valence-electron chi connectivity index (χ0n) is 7.98. The molecule has 0 saturated heterocycles. The first kappa shape index (κ1) is 9.01. The number of hydrogen-bond acceptors (Lipinski definition) is 2. The molecule has 0 radical (unpaired) electrons. The third kappa shape index (κ3) is 2.17. The van der Waals surface area contributed by atoms with Crippen molar-refractivity contribution in [2.75, 3.05) is 27.2 Å². The molecule has 0 heterocycles. The molecule has 0 spiro atoms. The van der Waals surface area contributed by atoms with Crippen molar-refractivity contribution in [3.63, 3.8) is 0 Å². The Balaban J connectivity index is 2.33. The highest BCUT2D eigenvalue weighted by molar-refractivity contribution is 4.97. The Morgan fingerprint density at radius 1 is 1.36 bits per heavy atom. The van der Waals surface area contributed by atoms with Gasteiger partial charge in [-0.3, -0.25) is 0 Å². The van der Waals surface area contributed by atoms with Gasteiger partial charge in [0, 0.05) is 12.1 Å². The number of hydrogen-bond donors (Lipinski definition) is 1. The zero-order valence-corrected chi connectivity index (χ0v) is 7.98. The molecule has 2 heteroatoms. The van der Waals surface area contributed by atoms with Crippen molar-refractivity contribution in [2.24, 2.45) is 0 Å². The Labute approximate surface area is 70.0 Å². The lowest BCUT2D eigenvalue weighted by Gasteiger charge is -2.44. The minimum Gasteiger partial charge on any atom is -0.310 e. The van der Waals surface area contributed by atoms with E-state index in [0.717, 1.165) is 6.54 Å². The summed E-state index contributed by atoms with van der Waals surface area (Å²) in [6.07, 6.45) is 4.12. The molecule has 0 atom stereocenters. The first-order valence-corrected chi connectivity index (χ1v) is 4.58. The van der Waals surface area contributed by atoms with Crippen LogP contribution in [-0.4, -0.2) is 37.6 Å². The molecule has 0 amide bonds. The monoisotopic (exact) mass is 156 g/mol. The van der Waals surface area contributed by atoms with Gasteiger partial charge in [0.05, 0.1) is 0 Å². The molecule has 1 saturated carbocycles. The summed E-state index contributed by atoms with van der Waals surface area (Å²) in [6, 6.07) is 0. The predicted molar refractivity (Wildman–Crippen MR) is 48.8 cm³/mol. The van der Waals surface area contributed by atoms with Crippen LogP contribution in [0.2, 0.25) is 0 Å². The maximum atomic E-state index is 3.59. The number of nitrogens with zero attached hydrogens (tertiary/aromatic N) is 1. The SMILES string of the molecule is CCNC1(CN(C)C)CCC1. The van der Waals surface area contributed by atoms with Crippen LogP contribution in [0.5, 0.6) is 0 Å². The molecule has 0 aliphatic heterocycles. The van der Waals surface area contributed by atoms with Gasteiger partial charge in [-0.25, -0.2) is 0 Å². The van der Waals surface area contributed by atoms with Crippen molar-refractivity contribution < 1.29 is 0 Å². The molecule has 0 aromatic heterocycles. The lowest BCUT2D eigenvalue weighted by Crippen LogP contribution is -2.56. The van der Waals surface area contributed by atoms with Gasteiger partial charge in [-0.2, -0.15) is 0 Å². The van der Waals surface area contributed by atoms with Gasteiger partial charge in [-0.05, 0) is 39.9 Å². The molecule has 1 aliphatic carbocycles. The van der Waals surface area contributed by atoms with E-state index in [1.807, 2.05) is 0 Å². The first-order valence-electron chi connectivity index (χ1n) is 4.58. The van der Waals surface area contributed by atoms with Gasteiger partial charge in [0.15, 0.2) is 0 Å². The normalized spacial score (nSPS) is 21.8. The summed E-state index contributed by atoms with van der Waals surface area (Å²) < 4.78 is 0. The molecule has 11 heavy (non-hydrogen) atoms. The molecular formula is C9H20N2. The fourth-order valence-corrected chi connectivity index (χ4v) is 1.97. The largest absolute Gasteiger partial charge is 0.310 e. The molecule has 0 unspecified atom stereocenters. The minimum absolute atomic E-state index is 0.470. The van der Waals surface area contributed by atoms with Crippen LogP contribution in [-0.2, 0) is 0 Å². The van der Waals surface area contributed by atoms with E-state index in [1.54, 1.807) is 0 Å². The molecule has 0 aromatic carbocycles. The van der Waals surface area contributed by atoms with Gasteiger partial charge < -0.3 is 10.2 Å². The number of rotatable bonds is 4. The van der Waals surface area contributed by atoms with Crippen molar-refractivity contribution in [1.29, 1.82) is 0 Å². The number of likely N-dealkylation sites (N-methyl/N-ethyl adjacent to an activating group) is 2. The van der Waals surface area contributed by atoms with Gasteiger partial charge in [0.1, 0.15) is 0 Å². The standard InChI is InChI=1S/C9H20N2/c1-4-10-9(6-5-7-9)8-11(2)3/h10H,4-8H2,1-3H3. The van der Waals surface area contributed by atoms with Crippen LogP contribution in [0.25, 0.3) is 0 Å². The molecular weight excluding hydrogens is 136 g/mol. The predicted octanol–water partition coefficient (Wildman–Crippen LogP) is 1.08. The maximum absolute atomic E-state index is 3.59. The smallest absolute Gasteiger partial charge is 0.0308 e. The fraction of sp³-hybridized carbons (Fsp3) is 1.00. The summed E-state index contributed by atoms with van der Waals surface area (Å²) in [4.78, 5) is 2.28. The van der Waals surface area contributed by atoms with Crippen molar-refractivity contribution in [3.05, 3.63) is 0 Å². The first-order chi connectivity index (χ1) is 5.18. The summed E-state index contributed by atoms with van der Waals surface area (Å²) in [6.45, 7) is 4.49. The second-order valence-electron chi connectivity index (χ2n) is 3.90. The molecule has 0 bridgehead atoms. The van der Waals surface area contributed by atoms with Crippen LogP contribution in [0.3, 0.4) is 0 Å². The Bertz CT molecular complexity index is 117. The van der Waals surface area contributed by atoms with Crippen LogP contribution in [0.1, 0.15) is 26.2 Å². The molecule has 2 nitrogen and oxygen atoms in total. The topological polar surface area (TPSA) is 15.3 Å². The third-order valence-electron chi connectivity index (χ3n) is 2.48. The van der Waals surface area contributed by atoms with E-state index in [2.05, 4.69) is 31.2 Å². The highest BCUT2D eigenvalue weighted by atomic mass is 15.1. The lowest BCUT2D eigenvalue weighted by molar-refractivity contribution is 0.139. The Kier molecular flexibility index (Phi) is 2.90. The van der Waals surface area contributed by atoms with Crippen molar-refractivity contribution in [2.45, 2.75) is 31.7 Å². The van der Waals surface area contributed by atoms with E-state index in [1.165, 1.54) is 25.8 Å².